The highest BCUT2D eigenvalue weighted by Crippen LogP contribution is 2.58. The predicted molar refractivity (Wildman–Crippen MR) is 84.0 cm³/mol. The van der Waals surface area contributed by atoms with Gasteiger partial charge in [0.05, 0.1) is 11.8 Å². The van der Waals surface area contributed by atoms with Gasteiger partial charge in [0.2, 0.25) is 5.78 Å². The average Bonchev–Trinajstić information content (AvgIpc) is 3.21. The number of hydrogen-bond donors (Lipinski definition) is 0. The van der Waals surface area contributed by atoms with Gasteiger partial charge in [0.25, 0.3) is 0 Å². The van der Waals surface area contributed by atoms with E-state index in [0.29, 0.717) is 12.0 Å². The first-order valence-electron chi connectivity index (χ1n) is 8.60. The van der Waals surface area contributed by atoms with Crippen molar-refractivity contribution in [2.75, 3.05) is 0 Å². The lowest BCUT2D eigenvalue weighted by atomic mass is 9.80. The topological polar surface area (TPSA) is 69.7 Å². The van der Waals surface area contributed by atoms with Crippen LogP contribution in [0.3, 0.4) is 0 Å². The number of carbonyl (C=O) groups excluding carboxylic acids is 3. The number of ketones is 1. The number of rotatable bonds is 5. The predicted octanol–water partition coefficient (Wildman–Crippen LogP) is 2.39. The summed E-state index contributed by atoms with van der Waals surface area (Å²) < 4.78 is 10.9. The second-order valence-corrected chi connectivity index (χ2v) is 6.99. The maximum absolute atomic E-state index is 12.7. The second-order valence-electron chi connectivity index (χ2n) is 6.99. The van der Waals surface area contributed by atoms with Crippen molar-refractivity contribution in [2.24, 2.45) is 23.7 Å². The van der Waals surface area contributed by atoms with Gasteiger partial charge in [0.15, 0.2) is 6.10 Å². The van der Waals surface area contributed by atoms with Crippen molar-refractivity contribution in [3.05, 3.63) is 35.9 Å². The zero-order valence-corrected chi connectivity index (χ0v) is 13.5. The third-order valence-electron chi connectivity index (χ3n) is 5.74. The molecule has 2 bridgehead atoms. The molecule has 1 aromatic carbocycles. The minimum atomic E-state index is -0.799. The molecule has 5 heteroatoms. The molecule has 0 amide bonds. The molecule has 5 nitrogen and oxygen atoms in total. The molecule has 0 unspecified atom stereocenters. The van der Waals surface area contributed by atoms with Gasteiger partial charge in [-0.15, -0.1) is 0 Å². The number of fused-ring (bicyclic) bond motifs is 1. The Hall–Kier alpha value is -2.17. The Labute approximate surface area is 140 Å². The van der Waals surface area contributed by atoms with Crippen LogP contribution in [-0.4, -0.2) is 29.9 Å². The molecule has 1 heterocycles. The van der Waals surface area contributed by atoms with E-state index in [0.717, 1.165) is 12.8 Å². The molecule has 1 aromatic rings. The Morgan fingerprint density at radius 3 is 2.71 bits per heavy atom. The third kappa shape index (κ3) is 2.26. The highest BCUT2D eigenvalue weighted by molar-refractivity contribution is 6.00. The number of ether oxygens (including phenoxy) is 2. The van der Waals surface area contributed by atoms with Crippen molar-refractivity contribution in [3.63, 3.8) is 0 Å². The van der Waals surface area contributed by atoms with Crippen LogP contribution in [0.15, 0.2) is 30.3 Å². The molecule has 4 rings (SSSR count). The van der Waals surface area contributed by atoms with Crippen LogP contribution < -0.4 is 0 Å². The minimum absolute atomic E-state index is 0.00975. The van der Waals surface area contributed by atoms with Crippen LogP contribution >= 0.6 is 0 Å². The van der Waals surface area contributed by atoms with Crippen LogP contribution in [0.1, 0.15) is 36.5 Å². The number of hydrogen-bond acceptors (Lipinski definition) is 5. The van der Waals surface area contributed by atoms with Crippen molar-refractivity contribution < 1.29 is 23.9 Å². The largest absolute Gasteiger partial charge is 0.462 e. The van der Waals surface area contributed by atoms with Crippen molar-refractivity contribution >= 4 is 17.7 Å². The first-order valence-corrected chi connectivity index (χ1v) is 8.60. The zero-order chi connectivity index (χ0) is 16.8. The molecule has 3 fully saturated rings. The molecule has 1 saturated heterocycles. The summed E-state index contributed by atoms with van der Waals surface area (Å²) in [5, 5.41) is 0. The van der Waals surface area contributed by atoms with E-state index in [1.165, 1.54) is 0 Å². The molecule has 1 aliphatic heterocycles. The molecule has 0 spiro atoms. The van der Waals surface area contributed by atoms with E-state index in [2.05, 4.69) is 0 Å². The molecular weight excluding hydrogens is 308 g/mol. The van der Waals surface area contributed by atoms with E-state index < -0.39 is 18.0 Å². The van der Waals surface area contributed by atoms with Gasteiger partial charge in [-0.05, 0) is 25.2 Å². The van der Waals surface area contributed by atoms with E-state index >= 15 is 0 Å². The lowest BCUT2D eigenvalue weighted by molar-refractivity contribution is -0.158. The molecule has 126 valence electrons. The average molecular weight is 328 g/mol. The highest BCUT2D eigenvalue weighted by atomic mass is 16.6. The quantitative estimate of drug-likeness (QED) is 0.613. The smallest absolute Gasteiger partial charge is 0.310 e. The van der Waals surface area contributed by atoms with E-state index in [9.17, 15) is 14.4 Å². The summed E-state index contributed by atoms with van der Waals surface area (Å²) in [5.74, 6) is -1.39. The monoisotopic (exact) mass is 328 g/mol. The van der Waals surface area contributed by atoms with Gasteiger partial charge in [-0.25, -0.2) is 0 Å². The Morgan fingerprint density at radius 2 is 2.00 bits per heavy atom. The second kappa shape index (κ2) is 5.72. The molecule has 3 aliphatic rings. The first kappa shape index (κ1) is 15.4. The summed E-state index contributed by atoms with van der Waals surface area (Å²) in [6, 6.07) is 8.84. The van der Waals surface area contributed by atoms with E-state index in [1.54, 1.807) is 24.3 Å². The lowest BCUT2D eigenvalue weighted by Crippen LogP contribution is -2.37. The SMILES string of the molecule is CC[C@H](OC(=O)[C@@H]1[C@@H]2C[C@@H]3[C@H]1C(=O)O[C@H]3C2)C(=O)c1ccccc1. The zero-order valence-electron chi connectivity index (χ0n) is 13.5. The summed E-state index contributed by atoms with van der Waals surface area (Å²) in [5.41, 5.74) is 0.533. The van der Waals surface area contributed by atoms with Gasteiger partial charge in [-0.1, -0.05) is 37.3 Å². The Morgan fingerprint density at radius 1 is 1.25 bits per heavy atom. The Bertz CT molecular complexity index is 680. The highest BCUT2D eigenvalue weighted by Gasteiger charge is 2.64. The van der Waals surface area contributed by atoms with Crippen molar-refractivity contribution in [1.29, 1.82) is 0 Å². The number of benzene rings is 1. The van der Waals surface area contributed by atoms with E-state index in [1.807, 2.05) is 13.0 Å². The van der Waals surface area contributed by atoms with Crippen molar-refractivity contribution in [2.45, 2.75) is 38.4 Å². The lowest BCUT2D eigenvalue weighted by Gasteiger charge is -2.25. The minimum Gasteiger partial charge on any atom is -0.462 e. The van der Waals surface area contributed by atoms with Crippen molar-refractivity contribution in [1.82, 2.24) is 0 Å². The first-order chi connectivity index (χ1) is 11.6. The van der Waals surface area contributed by atoms with Crippen LogP contribution in [-0.2, 0) is 19.1 Å². The molecule has 2 saturated carbocycles. The van der Waals surface area contributed by atoms with Crippen LogP contribution in [0, 0.1) is 23.7 Å². The van der Waals surface area contributed by atoms with Gasteiger partial charge >= 0.3 is 11.9 Å². The van der Waals surface area contributed by atoms with Gasteiger partial charge in [-0.2, -0.15) is 0 Å². The molecule has 6 atom stereocenters. The van der Waals surface area contributed by atoms with Gasteiger partial charge in [0, 0.05) is 11.5 Å². The molecule has 0 aromatic heterocycles. The third-order valence-corrected chi connectivity index (χ3v) is 5.74. The van der Waals surface area contributed by atoms with Crippen LogP contribution in [0.4, 0.5) is 0 Å². The number of carbonyl (C=O) groups is 3. The summed E-state index contributed by atoms with van der Waals surface area (Å²) in [4.78, 5) is 37.3. The van der Waals surface area contributed by atoms with E-state index in [-0.39, 0.29) is 35.6 Å². The summed E-state index contributed by atoms with van der Waals surface area (Å²) in [6.45, 7) is 1.82. The summed E-state index contributed by atoms with van der Waals surface area (Å²) in [7, 11) is 0. The number of esters is 2. The fraction of sp³-hybridized carbons (Fsp3) is 0.526. The maximum atomic E-state index is 12.7. The maximum Gasteiger partial charge on any atom is 0.310 e. The normalized spacial score (nSPS) is 34.0. The fourth-order valence-electron chi connectivity index (χ4n) is 4.65. The molecule has 0 radical (unpaired) electrons. The van der Waals surface area contributed by atoms with Crippen molar-refractivity contribution in [3.8, 4) is 0 Å². The summed E-state index contributed by atoms with van der Waals surface area (Å²) in [6.07, 6.45) is 1.20. The molecular formula is C19H20O5. The van der Waals surface area contributed by atoms with Gasteiger partial charge < -0.3 is 9.47 Å². The van der Waals surface area contributed by atoms with Crippen LogP contribution in [0.5, 0.6) is 0 Å². The van der Waals surface area contributed by atoms with E-state index in [4.69, 9.17) is 9.47 Å². The standard InChI is InChI=1S/C19H20O5/c1-2-13(17(20)10-6-4-3-5-7-10)23-18(21)15-11-8-12-14(9-11)24-19(22)16(12)15/h3-7,11-16H,2,8-9H2,1H3/t11-,12+,13+,14+,15-,16-/m1/s1. The van der Waals surface area contributed by atoms with Crippen LogP contribution in [0.2, 0.25) is 0 Å². The van der Waals surface area contributed by atoms with Gasteiger partial charge in [0.1, 0.15) is 6.10 Å². The Balaban J connectivity index is 1.49. The Kier molecular flexibility index (Phi) is 3.66. The van der Waals surface area contributed by atoms with Crippen LogP contribution in [0.25, 0.3) is 0 Å². The fourth-order valence-corrected chi connectivity index (χ4v) is 4.65. The van der Waals surface area contributed by atoms with Gasteiger partial charge in [-0.3, -0.25) is 14.4 Å². The summed E-state index contributed by atoms with van der Waals surface area (Å²) >= 11 is 0. The molecule has 0 N–H and O–H groups in total. The molecule has 24 heavy (non-hydrogen) atoms. The number of Topliss-reactive ketones (excluding diaryl/α,β-unsaturated/α-hetero) is 1. The molecule has 2 aliphatic carbocycles.